The minimum absolute atomic E-state index is 0.127. The average molecular weight is 348 g/mol. The highest BCUT2D eigenvalue weighted by atomic mass is 19.3. The van der Waals surface area contributed by atoms with Crippen molar-refractivity contribution in [1.82, 2.24) is 19.7 Å². The minimum Gasteiger partial charge on any atom is -0.363 e. The molecule has 2 fully saturated rings. The Balaban J connectivity index is 1.41. The Morgan fingerprint density at radius 2 is 2.00 bits per heavy atom. The van der Waals surface area contributed by atoms with Gasteiger partial charge in [0, 0.05) is 37.5 Å². The van der Waals surface area contributed by atoms with Crippen molar-refractivity contribution in [2.45, 2.75) is 51.1 Å². The lowest BCUT2D eigenvalue weighted by atomic mass is 10.1. The molecule has 1 unspecified atom stereocenters. The van der Waals surface area contributed by atoms with Crippen molar-refractivity contribution < 1.29 is 8.78 Å². The zero-order valence-corrected chi connectivity index (χ0v) is 14.3. The van der Waals surface area contributed by atoms with Crippen LogP contribution >= 0.6 is 0 Å². The van der Waals surface area contributed by atoms with Crippen LogP contribution in [0.5, 0.6) is 0 Å². The van der Waals surface area contributed by atoms with Gasteiger partial charge >= 0.3 is 0 Å². The smallest absolute Gasteiger partial charge is 0.272 e. The molecule has 3 heterocycles. The van der Waals surface area contributed by atoms with Gasteiger partial charge in [-0.05, 0) is 32.3 Å². The fourth-order valence-corrected chi connectivity index (χ4v) is 3.22. The van der Waals surface area contributed by atoms with Gasteiger partial charge in [0.15, 0.2) is 0 Å². The number of rotatable bonds is 5. The number of hydrogen-bond acceptors (Lipinski definition) is 5. The van der Waals surface area contributed by atoms with Gasteiger partial charge in [0.2, 0.25) is 5.95 Å². The maximum Gasteiger partial charge on any atom is 0.272 e. The molecule has 0 amide bonds. The van der Waals surface area contributed by atoms with Crippen molar-refractivity contribution in [3.63, 3.8) is 0 Å². The van der Waals surface area contributed by atoms with E-state index >= 15 is 0 Å². The highest BCUT2D eigenvalue weighted by Crippen LogP contribution is 2.52. The molecule has 2 aromatic rings. The van der Waals surface area contributed by atoms with Crippen LogP contribution in [0, 0.1) is 6.92 Å². The lowest BCUT2D eigenvalue weighted by molar-refractivity contribution is 0.0984. The number of piperidine rings is 1. The van der Waals surface area contributed by atoms with Crippen LogP contribution < -0.4 is 10.2 Å². The Kier molecular flexibility index (Phi) is 4.05. The van der Waals surface area contributed by atoms with Gasteiger partial charge in [-0.25, -0.2) is 18.7 Å². The molecule has 1 saturated heterocycles. The first-order valence-electron chi connectivity index (χ1n) is 8.78. The second-order valence-electron chi connectivity index (χ2n) is 6.86. The first-order chi connectivity index (χ1) is 12.0. The van der Waals surface area contributed by atoms with Crippen molar-refractivity contribution in [2.24, 2.45) is 0 Å². The van der Waals surface area contributed by atoms with E-state index in [1.54, 1.807) is 12.3 Å². The van der Waals surface area contributed by atoms with Crippen LogP contribution in [0.3, 0.4) is 0 Å². The predicted octanol–water partition coefficient (Wildman–Crippen LogP) is 3.16. The van der Waals surface area contributed by atoms with Gasteiger partial charge in [-0.2, -0.15) is 5.10 Å². The molecule has 6 nitrogen and oxygen atoms in total. The quantitative estimate of drug-likeness (QED) is 0.899. The summed E-state index contributed by atoms with van der Waals surface area (Å²) in [5, 5.41) is 7.35. The molecule has 1 aliphatic carbocycles. The first-order valence-corrected chi connectivity index (χ1v) is 8.78. The lowest BCUT2D eigenvalue weighted by Crippen LogP contribution is -2.31. The molecule has 2 aliphatic rings. The third-order valence-corrected chi connectivity index (χ3v) is 4.71. The molecule has 25 heavy (non-hydrogen) atoms. The fraction of sp³-hybridized carbons (Fsp3) is 0.588. The van der Waals surface area contributed by atoms with E-state index in [1.807, 2.05) is 13.0 Å². The summed E-state index contributed by atoms with van der Waals surface area (Å²) in [5.74, 6) is -1.26. The SMILES string of the molecule is Cc1cc(CNc2ccn(C3CC3(F)F)n2)nc(N2CCCCC2)n1. The summed E-state index contributed by atoms with van der Waals surface area (Å²) in [4.78, 5) is 11.4. The fourth-order valence-electron chi connectivity index (χ4n) is 3.22. The topological polar surface area (TPSA) is 58.9 Å². The average Bonchev–Trinajstić information content (AvgIpc) is 3.03. The Hall–Kier alpha value is -2.25. The van der Waals surface area contributed by atoms with Crippen LogP contribution in [0.4, 0.5) is 20.5 Å². The molecule has 1 N–H and O–H groups in total. The Morgan fingerprint density at radius 3 is 2.72 bits per heavy atom. The van der Waals surface area contributed by atoms with Crippen LogP contribution in [0.15, 0.2) is 18.3 Å². The van der Waals surface area contributed by atoms with E-state index in [4.69, 9.17) is 0 Å². The number of aromatic nitrogens is 4. The molecule has 1 atom stereocenters. The van der Waals surface area contributed by atoms with Gasteiger partial charge in [0.1, 0.15) is 11.9 Å². The van der Waals surface area contributed by atoms with Crippen molar-refractivity contribution in [1.29, 1.82) is 0 Å². The summed E-state index contributed by atoms with van der Waals surface area (Å²) >= 11 is 0. The second kappa shape index (κ2) is 6.24. The van der Waals surface area contributed by atoms with Gasteiger partial charge in [-0.1, -0.05) is 0 Å². The van der Waals surface area contributed by atoms with Crippen LogP contribution in [0.2, 0.25) is 0 Å². The molecule has 0 spiro atoms. The first kappa shape index (κ1) is 16.2. The van der Waals surface area contributed by atoms with E-state index in [1.165, 1.54) is 23.9 Å². The molecular weight excluding hydrogens is 326 g/mol. The van der Waals surface area contributed by atoms with Gasteiger partial charge in [0.05, 0.1) is 12.2 Å². The Labute approximate surface area is 145 Å². The molecular formula is C17H22F2N6. The molecule has 0 bridgehead atoms. The number of nitrogens with one attached hydrogen (secondary N) is 1. The van der Waals surface area contributed by atoms with Gasteiger partial charge in [0.25, 0.3) is 5.92 Å². The third kappa shape index (κ3) is 3.57. The summed E-state index contributed by atoms with van der Waals surface area (Å²) in [5.41, 5.74) is 1.80. The van der Waals surface area contributed by atoms with E-state index in [2.05, 4.69) is 25.3 Å². The lowest BCUT2D eigenvalue weighted by Gasteiger charge is -2.27. The van der Waals surface area contributed by atoms with E-state index in [-0.39, 0.29) is 6.42 Å². The van der Waals surface area contributed by atoms with E-state index in [0.717, 1.165) is 30.4 Å². The van der Waals surface area contributed by atoms with Crippen LogP contribution in [-0.4, -0.2) is 38.8 Å². The number of nitrogens with zero attached hydrogens (tertiary/aromatic N) is 5. The normalized spacial score (nSPS) is 22.0. The maximum absolute atomic E-state index is 13.1. The van der Waals surface area contributed by atoms with Crippen LogP contribution in [-0.2, 0) is 6.54 Å². The standard InChI is InChI=1S/C17H22F2N6/c1-12-9-13(22-16(21-12)24-6-3-2-4-7-24)11-20-15-5-8-25(23-15)14-10-17(14,18)19/h5,8-9,14H,2-4,6-7,10-11H2,1H3,(H,20,23). The second-order valence-corrected chi connectivity index (χ2v) is 6.86. The van der Waals surface area contributed by atoms with Gasteiger partial charge < -0.3 is 10.2 Å². The van der Waals surface area contributed by atoms with Crippen LogP contribution in [0.1, 0.15) is 43.1 Å². The van der Waals surface area contributed by atoms with Crippen molar-refractivity contribution in [3.8, 4) is 0 Å². The van der Waals surface area contributed by atoms with Crippen molar-refractivity contribution in [3.05, 3.63) is 29.7 Å². The summed E-state index contributed by atoms with van der Waals surface area (Å²) < 4.78 is 27.5. The monoisotopic (exact) mass is 348 g/mol. The van der Waals surface area contributed by atoms with E-state index < -0.39 is 12.0 Å². The summed E-state index contributed by atoms with van der Waals surface area (Å²) in [6.45, 7) is 4.44. The Morgan fingerprint density at radius 1 is 1.24 bits per heavy atom. The zero-order valence-electron chi connectivity index (χ0n) is 14.3. The van der Waals surface area contributed by atoms with Crippen molar-refractivity contribution >= 4 is 11.8 Å². The maximum atomic E-state index is 13.1. The van der Waals surface area contributed by atoms with E-state index in [0.29, 0.717) is 12.4 Å². The van der Waals surface area contributed by atoms with Gasteiger partial charge in [-0.3, -0.25) is 4.68 Å². The molecule has 134 valence electrons. The number of hydrogen-bond donors (Lipinski definition) is 1. The molecule has 4 rings (SSSR count). The number of halogens is 2. The summed E-state index contributed by atoms with van der Waals surface area (Å²) in [6, 6.07) is 2.86. The number of aryl methyl sites for hydroxylation is 1. The predicted molar refractivity (Wildman–Crippen MR) is 91.0 cm³/mol. The largest absolute Gasteiger partial charge is 0.363 e. The zero-order chi connectivity index (χ0) is 17.4. The Bertz CT molecular complexity index is 753. The molecule has 2 aromatic heterocycles. The van der Waals surface area contributed by atoms with Crippen LogP contribution in [0.25, 0.3) is 0 Å². The number of anilines is 2. The molecule has 0 radical (unpaired) electrons. The van der Waals surface area contributed by atoms with Crippen molar-refractivity contribution in [2.75, 3.05) is 23.3 Å². The highest BCUT2D eigenvalue weighted by Gasteiger charge is 2.59. The minimum atomic E-state index is -2.61. The van der Waals surface area contributed by atoms with E-state index in [9.17, 15) is 8.78 Å². The molecule has 0 aromatic carbocycles. The molecule has 1 saturated carbocycles. The summed E-state index contributed by atoms with van der Waals surface area (Å²) in [6.07, 6.45) is 5.08. The molecule has 1 aliphatic heterocycles. The highest BCUT2D eigenvalue weighted by molar-refractivity contribution is 5.36. The van der Waals surface area contributed by atoms with Gasteiger partial charge in [-0.15, -0.1) is 0 Å². The molecule has 8 heteroatoms. The number of alkyl halides is 2. The summed E-state index contributed by atoms with van der Waals surface area (Å²) in [7, 11) is 0. The third-order valence-electron chi connectivity index (χ3n) is 4.71.